The number of aromatic amines is 1. The van der Waals surface area contributed by atoms with Gasteiger partial charge in [-0.2, -0.15) is 0 Å². The molecule has 6 heteroatoms. The number of hydrogen-bond acceptors (Lipinski definition) is 4. The molecule has 2 heterocycles. The number of aromatic nitrogens is 2. The molecule has 0 bridgehead atoms. The monoisotopic (exact) mass is 272 g/mol. The summed E-state index contributed by atoms with van der Waals surface area (Å²) < 4.78 is 0.663. The molecule has 0 aromatic carbocycles. The highest BCUT2D eigenvalue weighted by molar-refractivity contribution is 9.10. The Morgan fingerprint density at radius 2 is 2.07 bits per heavy atom. The lowest BCUT2D eigenvalue weighted by Gasteiger charge is -2.32. The molecule has 0 unspecified atom stereocenters. The van der Waals surface area contributed by atoms with Gasteiger partial charge >= 0.3 is 0 Å². The van der Waals surface area contributed by atoms with Gasteiger partial charge in [-0.1, -0.05) is 0 Å². The van der Waals surface area contributed by atoms with Crippen molar-refractivity contribution < 1.29 is 0 Å². The summed E-state index contributed by atoms with van der Waals surface area (Å²) in [6.07, 6.45) is 1.56. The van der Waals surface area contributed by atoms with Crippen LogP contribution in [0.15, 0.2) is 15.6 Å². The summed E-state index contributed by atoms with van der Waals surface area (Å²) >= 11 is 3.26. The van der Waals surface area contributed by atoms with Crippen molar-refractivity contribution >= 4 is 21.7 Å². The van der Waals surface area contributed by atoms with Crippen LogP contribution in [-0.4, -0.2) is 48.1 Å². The molecule has 82 valence electrons. The van der Waals surface area contributed by atoms with Crippen LogP contribution in [0.2, 0.25) is 0 Å². The first-order chi connectivity index (χ1) is 7.16. The quantitative estimate of drug-likeness (QED) is 0.798. The average Bonchev–Trinajstić information content (AvgIpc) is 2.23. The number of nitrogens with zero attached hydrogens (tertiary/aromatic N) is 3. The first-order valence-corrected chi connectivity index (χ1v) is 5.65. The van der Waals surface area contributed by atoms with Crippen molar-refractivity contribution in [1.29, 1.82) is 0 Å². The van der Waals surface area contributed by atoms with Crippen LogP contribution in [0, 0.1) is 0 Å². The van der Waals surface area contributed by atoms with Gasteiger partial charge in [0.25, 0.3) is 5.56 Å². The van der Waals surface area contributed by atoms with Crippen LogP contribution in [0.3, 0.4) is 0 Å². The predicted octanol–water partition coefficient (Wildman–Crippen LogP) is 0.284. The van der Waals surface area contributed by atoms with Crippen molar-refractivity contribution in [3.8, 4) is 0 Å². The van der Waals surface area contributed by atoms with E-state index in [1.807, 2.05) is 4.90 Å². The highest BCUT2D eigenvalue weighted by Crippen LogP contribution is 2.10. The zero-order valence-electron chi connectivity index (χ0n) is 8.53. The molecule has 5 nitrogen and oxygen atoms in total. The van der Waals surface area contributed by atoms with E-state index in [2.05, 4.69) is 37.8 Å². The molecule has 1 aromatic rings. The Kier molecular flexibility index (Phi) is 3.06. The molecule has 1 N–H and O–H groups in total. The molecule has 0 radical (unpaired) electrons. The first-order valence-electron chi connectivity index (χ1n) is 4.85. The second kappa shape index (κ2) is 4.32. The molecule has 1 aliphatic rings. The molecule has 1 saturated heterocycles. The van der Waals surface area contributed by atoms with Crippen LogP contribution in [-0.2, 0) is 0 Å². The van der Waals surface area contributed by atoms with Crippen molar-refractivity contribution in [3.63, 3.8) is 0 Å². The van der Waals surface area contributed by atoms with Gasteiger partial charge < -0.3 is 14.8 Å². The summed E-state index contributed by atoms with van der Waals surface area (Å²) in [5.74, 6) is 0.512. The number of H-pyrrole nitrogens is 1. The van der Waals surface area contributed by atoms with E-state index in [0.717, 1.165) is 26.2 Å². The fourth-order valence-electron chi connectivity index (χ4n) is 1.61. The van der Waals surface area contributed by atoms with Crippen LogP contribution in [0.5, 0.6) is 0 Å². The van der Waals surface area contributed by atoms with Gasteiger partial charge in [-0.15, -0.1) is 0 Å². The normalized spacial score (nSPS) is 18.1. The van der Waals surface area contributed by atoms with Gasteiger partial charge in [0.2, 0.25) is 0 Å². The average molecular weight is 273 g/mol. The minimum atomic E-state index is -0.122. The van der Waals surface area contributed by atoms with Crippen LogP contribution >= 0.6 is 15.9 Å². The number of anilines is 1. The van der Waals surface area contributed by atoms with E-state index in [9.17, 15) is 4.79 Å². The highest BCUT2D eigenvalue weighted by atomic mass is 79.9. The molecule has 1 aliphatic heterocycles. The Bertz CT molecular complexity index is 397. The van der Waals surface area contributed by atoms with Gasteiger partial charge in [0.15, 0.2) is 5.82 Å². The third-order valence-corrected chi connectivity index (χ3v) is 2.95. The van der Waals surface area contributed by atoms with E-state index in [1.165, 1.54) is 0 Å². The van der Waals surface area contributed by atoms with Crippen molar-refractivity contribution in [3.05, 3.63) is 21.2 Å². The van der Waals surface area contributed by atoms with Crippen LogP contribution in [0.1, 0.15) is 0 Å². The summed E-state index contributed by atoms with van der Waals surface area (Å²) in [7, 11) is 2.08. The number of hydrogen-bond donors (Lipinski definition) is 1. The van der Waals surface area contributed by atoms with E-state index in [-0.39, 0.29) is 5.56 Å². The van der Waals surface area contributed by atoms with Crippen molar-refractivity contribution in [2.75, 3.05) is 38.1 Å². The summed E-state index contributed by atoms with van der Waals surface area (Å²) in [4.78, 5) is 22.7. The number of halogens is 1. The zero-order valence-corrected chi connectivity index (χ0v) is 10.1. The molecule has 2 rings (SSSR count). The standard InChI is InChI=1S/C9H13BrN4O/c1-13-2-4-14(5-3-13)8-9(15)11-6-7(10)12-8/h6H,2-5H2,1H3,(H,11,15). The van der Waals surface area contributed by atoms with E-state index in [4.69, 9.17) is 0 Å². The maximum Gasteiger partial charge on any atom is 0.290 e. The van der Waals surface area contributed by atoms with Crippen LogP contribution < -0.4 is 10.5 Å². The molecule has 0 saturated carbocycles. The molecule has 0 aliphatic carbocycles. The summed E-state index contributed by atoms with van der Waals surface area (Å²) in [5, 5.41) is 0. The Labute approximate surface area is 96.2 Å². The molecule has 1 fully saturated rings. The maximum absolute atomic E-state index is 11.6. The lowest BCUT2D eigenvalue weighted by molar-refractivity contribution is 0.311. The fourth-order valence-corrected chi connectivity index (χ4v) is 1.89. The minimum Gasteiger partial charge on any atom is -0.349 e. The fraction of sp³-hybridized carbons (Fsp3) is 0.556. The smallest absolute Gasteiger partial charge is 0.290 e. The van der Waals surface area contributed by atoms with Gasteiger partial charge in [-0.05, 0) is 23.0 Å². The van der Waals surface area contributed by atoms with Gasteiger partial charge in [-0.3, -0.25) is 4.79 Å². The Morgan fingerprint density at radius 3 is 2.73 bits per heavy atom. The Balaban J connectivity index is 2.22. The van der Waals surface area contributed by atoms with Crippen LogP contribution in [0.25, 0.3) is 0 Å². The van der Waals surface area contributed by atoms with E-state index in [1.54, 1.807) is 6.20 Å². The topological polar surface area (TPSA) is 52.2 Å². The molecular weight excluding hydrogens is 260 g/mol. The SMILES string of the molecule is CN1CCN(c2nc(Br)c[nH]c2=O)CC1. The third-order valence-electron chi connectivity index (χ3n) is 2.54. The Hall–Kier alpha value is -0.880. The van der Waals surface area contributed by atoms with Gasteiger partial charge in [0.05, 0.1) is 0 Å². The highest BCUT2D eigenvalue weighted by Gasteiger charge is 2.17. The second-order valence-electron chi connectivity index (χ2n) is 3.67. The maximum atomic E-state index is 11.6. The zero-order chi connectivity index (χ0) is 10.8. The van der Waals surface area contributed by atoms with Crippen molar-refractivity contribution in [2.24, 2.45) is 0 Å². The molecule has 0 amide bonds. The van der Waals surface area contributed by atoms with Crippen molar-refractivity contribution in [1.82, 2.24) is 14.9 Å². The minimum absolute atomic E-state index is 0.122. The molecule has 0 spiro atoms. The van der Waals surface area contributed by atoms with Gasteiger partial charge in [0, 0.05) is 32.4 Å². The summed E-state index contributed by atoms with van der Waals surface area (Å²) in [6, 6.07) is 0. The number of nitrogens with one attached hydrogen (secondary N) is 1. The van der Waals surface area contributed by atoms with Gasteiger partial charge in [-0.25, -0.2) is 4.98 Å². The molecule has 1 aromatic heterocycles. The summed E-state index contributed by atoms with van der Waals surface area (Å²) in [5.41, 5.74) is -0.122. The number of piperazine rings is 1. The molecule has 15 heavy (non-hydrogen) atoms. The molecule has 0 atom stereocenters. The third kappa shape index (κ3) is 2.38. The van der Waals surface area contributed by atoms with Crippen LogP contribution in [0.4, 0.5) is 5.82 Å². The Morgan fingerprint density at radius 1 is 1.40 bits per heavy atom. The van der Waals surface area contributed by atoms with Crippen molar-refractivity contribution in [2.45, 2.75) is 0 Å². The van der Waals surface area contributed by atoms with E-state index < -0.39 is 0 Å². The number of likely N-dealkylation sites (N-methyl/N-ethyl adjacent to an activating group) is 1. The largest absolute Gasteiger partial charge is 0.349 e. The predicted molar refractivity (Wildman–Crippen MR) is 62.3 cm³/mol. The molecular formula is C9H13BrN4O. The second-order valence-corrected chi connectivity index (χ2v) is 4.48. The lowest BCUT2D eigenvalue weighted by atomic mass is 10.3. The summed E-state index contributed by atoms with van der Waals surface area (Å²) in [6.45, 7) is 3.63. The van der Waals surface area contributed by atoms with Gasteiger partial charge in [0.1, 0.15) is 4.60 Å². The first kappa shape index (κ1) is 10.6. The van der Waals surface area contributed by atoms with E-state index in [0.29, 0.717) is 10.4 Å². The van der Waals surface area contributed by atoms with E-state index >= 15 is 0 Å². The number of rotatable bonds is 1. The lowest BCUT2D eigenvalue weighted by Crippen LogP contribution is -2.46.